The first-order valence-corrected chi connectivity index (χ1v) is 13.8. The summed E-state index contributed by atoms with van der Waals surface area (Å²) in [6.07, 6.45) is 0.750. The van der Waals surface area contributed by atoms with Crippen LogP contribution in [0.2, 0.25) is 0 Å². The van der Waals surface area contributed by atoms with Crippen LogP contribution in [0.5, 0.6) is 0 Å². The summed E-state index contributed by atoms with van der Waals surface area (Å²) in [6.45, 7) is 9.16. The molecule has 1 amide bonds. The second-order valence-corrected chi connectivity index (χ2v) is 10.9. The number of hydrogen-bond donors (Lipinski definition) is 0. The standard InChI is InChI=1S/C24H30FN3O4S.C2H4O/c1-3-33(30,31)19-5-7-22(27-12-14-32-15-13-27)20(17-19)24(29)28-10-8-26(9-11-28)23-6-4-18(2)16-21(23)25;1-2-3/h4-7,16-17H,3,8-15H2,1-2H3;2H,1H3. The van der Waals surface area contributed by atoms with E-state index >= 15 is 0 Å². The number of morpholine rings is 1. The molecule has 2 fully saturated rings. The fourth-order valence-corrected chi connectivity index (χ4v) is 5.22. The minimum absolute atomic E-state index is 0.0294. The molecule has 196 valence electrons. The van der Waals surface area contributed by atoms with Crippen molar-refractivity contribution in [2.24, 2.45) is 0 Å². The lowest BCUT2D eigenvalue weighted by atomic mass is 10.1. The Morgan fingerprint density at radius 3 is 2.14 bits per heavy atom. The highest BCUT2D eigenvalue weighted by molar-refractivity contribution is 7.91. The van der Waals surface area contributed by atoms with Gasteiger partial charge in [0.25, 0.3) is 5.91 Å². The molecule has 0 unspecified atom stereocenters. The molecule has 2 aliphatic rings. The molecule has 2 aromatic rings. The molecular weight excluding hydrogens is 485 g/mol. The molecule has 0 radical (unpaired) electrons. The molecule has 0 bridgehead atoms. The van der Waals surface area contributed by atoms with E-state index in [1.807, 2.05) is 17.9 Å². The highest BCUT2D eigenvalue weighted by atomic mass is 32.2. The maximum absolute atomic E-state index is 14.4. The van der Waals surface area contributed by atoms with E-state index in [9.17, 15) is 17.6 Å². The van der Waals surface area contributed by atoms with E-state index in [0.717, 1.165) is 17.5 Å². The number of aldehydes is 1. The number of halogens is 1. The Hall–Kier alpha value is -2.98. The summed E-state index contributed by atoms with van der Waals surface area (Å²) < 4.78 is 44.8. The zero-order chi connectivity index (χ0) is 26.3. The van der Waals surface area contributed by atoms with Crippen molar-refractivity contribution in [1.82, 2.24) is 4.90 Å². The minimum Gasteiger partial charge on any atom is -0.378 e. The lowest BCUT2D eigenvalue weighted by Gasteiger charge is -2.37. The van der Waals surface area contributed by atoms with E-state index in [1.54, 1.807) is 30.0 Å². The Balaban J connectivity index is 0.00000115. The maximum Gasteiger partial charge on any atom is 0.256 e. The van der Waals surface area contributed by atoms with Gasteiger partial charge in [-0.2, -0.15) is 0 Å². The van der Waals surface area contributed by atoms with Gasteiger partial charge in [0.15, 0.2) is 9.84 Å². The number of benzene rings is 2. The third-order valence-electron chi connectivity index (χ3n) is 6.30. The fourth-order valence-electron chi connectivity index (χ4n) is 4.32. The van der Waals surface area contributed by atoms with E-state index < -0.39 is 9.84 Å². The second kappa shape index (κ2) is 12.3. The molecule has 0 N–H and O–H groups in total. The molecule has 10 heteroatoms. The SMILES string of the molecule is CC=O.CCS(=O)(=O)c1ccc(N2CCOCC2)c(C(=O)N2CCN(c3ccc(C)cc3F)CC2)c1. The molecule has 2 aromatic carbocycles. The van der Waals surface area contributed by atoms with E-state index in [0.29, 0.717) is 63.7 Å². The van der Waals surface area contributed by atoms with Crippen molar-refractivity contribution in [1.29, 1.82) is 0 Å². The average Bonchev–Trinajstić information content (AvgIpc) is 2.89. The lowest BCUT2D eigenvalue weighted by molar-refractivity contribution is -0.106. The third-order valence-corrected chi connectivity index (χ3v) is 8.03. The summed E-state index contributed by atoms with van der Waals surface area (Å²) in [5.41, 5.74) is 2.52. The Morgan fingerprint density at radius 1 is 0.972 bits per heavy atom. The van der Waals surface area contributed by atoms with Gasteiger partial charge in [-0.1, -0.05) is 13.0 Å². The zero-order valence-corrected chi connectivity index (χ0v) is 21.9. The van der Waals surface area contributed by atoms with Gasteiger partial charge >= 0.3 is 0 Å². The van der Waals surface area contributed by atoms with Gasteiger partial charge < -0.3 is 24.2 Å². The normalized spacial score (nSPS) is 16.3. The molecule has 0 aliphatic carbocycles. The molecule has 0 saturated carbocycles. The smallest absolute Gasteiger partial charge is 0.256 e. The predicted octanol–water partition coefficient (Wildman–Crippen LogP) is 2.93. The van der Waals surface area contributed by atoms with Gasteiger partial charge in [-0.25, -0.2) is 12.8 Å². The average molecular weight is 520 g/mol. The van der Waals surface area contributed by atoms with Crippen LogP contribution in [-0.2, 0) is 19.4 Å². The van der Waals surface area contributed by atoms with Crippen molar-refractivity contribution < 1.29 is 27.1 Å². The van der Waals surface area contributed by atoms with Crippen LogP contribution in [0.25, 0.3) is 0 Å². The summed E-state index contributed by atoms with van der Waals surface area (Å²) in [5, 5.41) is 0. The number of carbonyl (C=O) groups is 2. The number of aryl methyl sites for hydroxylation is 1. The quantitative estimate of drug-likeness (QED) is 0.562. The molecule has 36 heavy (non-hydrogen) atoms. The zero-order valence-electron chi connectivity index (χ0n) is 21.1. The van der Waals surface area contributed by atoms with Crippen molar-refractivity contribution in [3.8, 4) is 0 Å². The fraction of sp³-hybridized carbons (Fsp3) is 0.462. The van der Waals surface area contributed by atoms with Crippen molar-refractivity contribution in [3.63, 3.8) is 0 Å². The predicted molar refractivity (Wildman–Crippen MR) is 138 cm³/mol. The highest BCUT2D eigenvalue weighted by Gasteiger charge is 2.28. The number of rotatable bonds is 5. The lowest BCUT2D eigenvalue weighted by Crippen LogP contribution is -2.49. The summed E-state index contributed by atoms with van der Waals surface area (Å²) in [6, 6.07) is 10.00. The summed E-state index contributed by atoms with van der Waals surface area (Å²) in [4.78, 5) is 28.3. The monoisotopic (exact) mass is 519 g/mol. The van der Waals surface area contributed by atoms with Gasteiger partial charge in [-0.3, -0.25) is 4.79 Å². The van der Waals surface area contributed by atoms with Crippen LogP contribution in [0, 0.1) is 12.7 Å². The number of hydrogen-bond acceptors (Lipinski definition) is 7. The highest BCUT2D eigenvalue weighted by Crippen LogP contribution is 2.28. The van der Waals surface area contributed by atoms with E-state index in [2.05, 4.69) is 4.90 Å². The van der Waals surface area contributed by atoms with Crippen LogP contribution in [-0.4, -0.2) is 83.7 Å². The Bertz CT molecular complexity index is 1170. The molecule has 8 nitrogen and oxygen atoms in total. The van der Waals surface area contributed by atoms with Crippen LogP contribution in [0.1, 0.15) is 29.8 Å². The van der Waals surface area contributed by atoms with Gasteiger partial charge in [0.05, 0.1) is 35.1 Å². The van der Waals surface area contributed by atoms with Crippen molar-refractivity contribution in [3.05, 3.63) is 53.3 Å². The molecule has 2 aliphatic heterocycles. The van der Waals surface area contributed by atoms with Crippen LogP contribution in [0.15, 0.2) is 41.3 Å². The number of piperazine rings is 1. The van der Waals surface area contributed by atoms with Crippen molar-refractivity contribution in [2.75, 3.05) is 68.0 Å². The minimum atomic E-state index is -3.45. The van der Waals surface area contributed by atoms with Crippen molar-refractivity contribution >= 4 is 33.4 Å². The number of ether oxygens (including phenoxy) is 1. The van der Waals surface area contributed by atoms with E-state index in [4.69, 9.17) is 9.53 Å². The maximum atomic E-state index is 14.4. The topological polar surface area (TPSA) is 87.2 Å². The molecule has 0 aromatic heterocycles. The molecule has 2 heterocycles. The Labute approximate surface area is 212 Å². The summed E-state index contributed by atoms with van der Waals surface area (Å²) in [5.74, 6) is -0.492. The number of carbonyl (C=O) groups excluding carboxylic acids is 2. The summed E-state index contributed by atoms with van der Waals surface area (Å²) >= 11 is 0. The Kier molecular flexibility index (Phi) is 9.44. The van der Waals surface area contributed by atoms with Gasteiger partial charge in [0.1, 0.15) is 12.1 Å². The number of amides is 1. The first kappa shape index (κ1) is 27.6. The molecule has 2 saturated heterocycles. The molecule has 4 rings (SSSR count). The van der Waals surface area contributed by atoms with Gasteiger partial charge in [0, 0.05) is 45.0 Å². The first-order valence-electron chi connectivity index (χ1n) is 12.1. The second-order valence-electron chi connectivity index (χ2n) is 8.65. The Morgan fingerprint density at radius 2 is 1.56 bits per heavy atom. The van der Waals surface area contributed by atoms with E-state index in [1.165, 1.54) is 19.1 Å². The van der Waals surface area contributed by atoms with Crippen molar-refractivity contribution in [2.45, 2.75) is 25.7 Å². The van der Waals surface area contributed by atoms with Crippen LogP contribution in [0.3, 0.4) is 0 Å². The molecule has 0 spiro atoms. The van der Waals surface area contributed by atoms with Gasteiger partial charge in [0.2, 0.25) is 0 Å². The van der Waals surface area contributed by atoms with Gasteiger partial charge in [-0.05, 0) is 49.7 Å². The van der Waals surface area contributed by atoms with Gasteiger partial charge in [-0.15, -0.1) is 0 Å². The molecule has 0 atom stereocenters. The van der Waals surface area contributed by atoms with Crippen LogP contribution >= 0.6 is 0 Å². The number of nitrogens with zero attached hydrogens (tertiary/aromatic N) is 3. The molecular formula is C26H34FN3O5S. The third kappa shape index (κ3) is 6.41. The van der Waals surface area contributed by atoms with E-state index in [-0.39, 0.29) is 22.4 Å². The number of sulfone groups is 1. The largest absolute Gasteiger partial charge is 0.378 e. The number of anilines is 2. The van der Waals surface area contributed by atoms with Crippen LogP contribution in [0.4, 0.5) is 15.8 Å². The summed E-state index contributed by atoms with van der Waals surface area (Å²) in [7, 11) is -3.45. The first-order chi connectivity index (χ1) is 17.2. The van der Waals surface area contributed by atoms with Crippen LogP contribution < -0.4 is 9.80 Å².